The molecule has 12 heavy (non-hydrogen) atoms. The molecule has 0 aliphatic heterocycles. The zero-order chi connectivity index (χ0) is 8.97. The van der Waals surface area contributed by atoms with Crippen molar-refractivity contribution in [2.45, 2.75) is 13.5 Å². The summed E-state index contributed by atoms with van der Waals surface area (Å²) in [7, 11) is 0. The molecular formula is C9H9ClN2. The molecule has 1 aromatic heterocycles. The number of nitrogens with zero attached hydrogens (tertiary/aromatic N) is 2. The van der Waals surface area contributed by atoms with Crippen LogP contribution in [-0.4, -0.2) is 4.57 Å². The second-order valence-corrected chi connectivity index (χ2v) is 2.81. The monoisotopic (exact) mass is 180 g/mol. The Morgan fingerprint density at radius 2 is 2.58 bits per heavy atom. The van der Waals surface area contributed by atoms with Crippen LogP contribution < -0.4 is 0 Å². The van der Waals surface area contributed by atoms with Crippen LogP contribution in [0.4, 0.5) is 0 Å². The van der Waals surface area contributed by atoms with Gasteiger partial charge in [-0.1, -0.05) is 11.6 Å². The third kappa shape index (κ3) is 1.90. The molecule has 62 valence electrons. The number of aromatic nitrogens is 1. The maximum absolute atomic E-state index is 8.67. The summed E-state index contributed by atoms with van der Waals surface area (Å²) in [6.45, 7) is 2.60. The Kier molecular flexibility index (Phi) is 2.95. The van der Waals surface area contributed by atoms with Gasteiger partial charge in [0.25, 0.3) is 0 Å². The van der Waals surface area contributed by atoms with Gasteiger partial charge in [0, 0.05) is 18.3 Å². The van der Waals surface area contributed by atoms with Crippen LogP contribution in [0.5, 0.6) is 0 Å². The van der Waals surface area contributed by atoms with Gasteiger partial charge in [-0.05, 0) is 24.6 Å². The molecule has 0 bridgehead atoms. The van der Waals surface area contributed by atoms with E-state index in [-0.39, 0.29) is 0 Å². The molecule has 0 unspecified atom stereocenters. The standard InChI is InChI=1S/C9H9ClN2/c1-8(5-10)7-12-4-2-3-9(12)6-11/h2-5H,7H2,1H3/b8-5-. The van der Waals surface area contributed by atoms with Gasteiger partial charge < -0.3 is 4.57 Å². The van der Waals surface area contributed by atoms with E-state index in [0.29, 0.717) is 12.2 Å². The van der Waals surface area contributed by atoms with Crippen molar-refractivity contribution in [1.82, 2.24) is 4.57 Å². The van der Waals surface area contributed by atoms with Gasteiger partial charge in [-0.3, -0.25) is 0 Å². The van der Waals surface area contributed by atoms with Crippen LogP contribution in [-0.2, 0) is 6.54 Å². The Balaban J connectivity index is 2.83. The Hall–Kier alpha value is -1.20. The van der Waals surface area contributed by atoms with E-state index in [1.165, 1.54) is 5.54 Å². The third-order valence-electron chi connectivity index (χ3n) is 1.55. The van der Waals surface area contributed by atoms with Crippen LogP contribution in [0.15, 0.2) is 29.4 Å². The highest BCUT2D eigenvalue weighted by Gasteiger charge is 1.98. The average molecular weight is 181 g/mol. The van der Waals surface area contributed by atoms with E-state index in [1.54, 1.807) is 6.07 Å². The number of hydrogen-bond acceptors (Lipinski definition) is 1. The summed E-state index contributed by atoms with van der Waals surface area (Å²) in [5.41, 5.74) is 3.22. The first-order valence-corrected chi connectivity index (χ1v) is 4.02. The minimum Gasteiger partial charge on any atom is -0.335 e. The third-order valence-corrected chi connectivity index (χ3v) is 1.92. The molecule has 1 heterocycles. The molecular weight excluding hydrogens is 172 g/mol. The molecule has 1 rings (SSSR count). The predicted octanol–water partition coefficient (Wildman–Crippen LogP) is 2.50. The van der Waals surface area contributed by atoms with E-state index in [0.717, 1.165) is 5.57 Å². The normalized spacial score (nSPS) is 11.2. The number of allylic oxidation sites excluding steroid dienone is 1. The van der Waals surface area contributed by atoms with E-state index in [9.17, 15) is 0 Å². The fraction of sp³-hybridized carbons (Fsp3) is 0.222. The van der Waals surface area contributed by atoms with Gasteiger partial charge in [0.2, 0.25) is 0 Å². The number of halogens is 1. The highest BCUT2D eigenvalue weighted by atomic mass is 35.5. The number of hydrogen-bond donors (Lipinski definition) is 0. The van der Waals surface area contributed by atoms with Crippen LogP contribution >= 0.6 is 11.6 Å². The van der Waals surface area contributed by atoms with Crippen LogP contribution in [0.3, 0.4) is 0 Å². The summed E-state index contributed by atoms with van der Waals surface area (Å²) >= 11 is 5.51. The second-order valence-electron chi connectivity index (χ2n) is 2.59. The van der Waals surface area contributed by atoms with Crippen molar-refractivity contribution in [1.29, 1.82) is 5.26 Å². The molecule has 0 fully saturated rings. The summed E-state index contributed by atoms with van der Waals surface area (Å²) in [5, 5.41) is 8.67. The van der Waals surface area contributed by atoms with Gasteiger partial charge >= 0.3 is 0 Å². The maximum Gasteiger partial charge on any atom is 0.120 e. The highest BCUT2D eigenvalue weighted by Crippen LogP contribution is 2.05. The lowest BCUT2D eigenvalue weighted by Crippen LogP contribution is -1.99. The van der Waals surface area contributed by atoms with Crippen LogP contribution in [0.2, 0.25) is 0 Å². The van der Waals surface area contributed by atoms with Crippen LogP contribution in [0, 0.1) is 11.3 Å². The highest BCUT2D eigenvalue weighted by molar-refractivity contribution is 6.25. The predicted molar refractivity (Wildman–Crippen MR) is 48.8 cm³/mol. The lowest BCUT2D eigenvalue weighted by atomic mass is 10.3. The molecule has 0 saturated heterocycles. The van der Waals surface area contributed by atoms with Gasteiger partial charge in [-0.2, -0.15) is 5.26 Å². The van der Waals surface area contributed by atoms with Gasteiger partial charge in [0.05, 0.1) is 0 Å². The molecule has 3 heteroatoms. The molecule has 0 N–H and O–H groups in total. The summed E-state index contributed by atoms with van der Waals surface area (Å²) in [4.78, 5) is 0. The maximum atomic E-state index is 8.67. The van der Waals surface area contributed by atoms with E-state index < -0.39 is 0 Å². The SMILES string of the molecule is C/C(=C/Cl)Cn1cccc1C#N. The lowest BCUT2D eigenvalue weighted by molar-refractivity contribution is 0.780. The van der Waals surface area contributed by atoms with Crippen LogP contribution in [0.1, 0.15) is 12.6 Å². The molecule has 2 nitrogen and oxygen atoms in total. The number of nitriles is 1. The summed E-state index contributed by atoms with van der Waals surface area (Å²) in [6.07, 6.45) is 1.86. The molecule has 0 radical (unpaired) electrons. The first kappa shape index (κ1) is 8.89. The Morgan fingerprint density at radius 3 is 3.17 bits per heavy atom. The average Bonchev–Trinajstić information content (AvgIpc) is 2.51. The molecule has 0 aliphatic rings. The van der Waals surface area contributed by atoms with Crippen LogP contribution in [0.25, 0.3) is 0 Å². The summed E-state index contributed by atoms with van der Waals surface area (Å²) in [5.74, 6) is 0. The van der Waals surface area contributed by atoms with Crippen molar-refractivity contribution in [2.75, 3.05) is 0 Å². The van der Waals surface area contributed by atoms with Crippen molar-refractivity contribution >= 4 is 11.6 Å². The minimum absolute atomic E-state index is 0.660. The van der Waals surface area contributed by atoms with Crippen molar-refractivity contribution in [3.8, 4) is 6.07 Å². The zero-order valence-electron chi connectivity index (χ0n) is 6.79. The molecule has 0 atom stereocenters. The first-order chi connectivity index (χ1) is 5.77. The van der Waals surface area contributed by atoms with E-state index >= 15 is 0 Å². The Labute approximate surface area is 76.7 Å². The van der Waals surface area contributed by atoms with Crippen molar-refractivity contribution in [3.63, 3.8) is 0 Å². The molecule has 0 saturated carbocycles. The molecule has 0 spiro atoms. The Morgan fingerprint density at radius 1 is 1.83 bits per heavy atom. The van der Waals surface area contributed by atoms with Gasteiger partial charge in [-0.15, -0.1) is 0 Å². The van der Waals surface area contributed by atoms with Gasteiger partial charge in [0.1, 0.15) is 11.8 Å². The molecule has 1 aromatic rings. The van der Waals surface area contributed by atoms with E-state index in [1.807, 2.05) is 23.8 Å². The van der Waals surface area contributed by atoms with Gasteiger partial charge in [0.15, 0.2) is 0 Å². The summed E-state index contributed by atoms with van der Waals surface area (Å²) < 4.78 is 1.86. The zero-order valence-corrected chi connectivity index (χ0v) is 7.54. The van der Waals surface area contributed by atoms with Gasteiger partial charge in [-0.25, -0.2) is 0 Å². The first-order valence-electron chi connectivity index (χ1n) is 3.59. The lowest BCUT2D eigenvalue weighted by Gasteiger charge is -2.02. The second kappa shape index (κ2) is 3.99. The molecule has 0 aliphatic carbocycles. The topological polar surface area (TPSA) is 28.7 Å². The Bertz CT molecular complexity index is 331. The summed E-state index contributed by atoms with van der Waals surface area (Å²) in [6, 6.07) is 5.72. The van der Waals surface area contributed by atoms with Crippen molar-refractivity contribution in [3.05, 3.63) is 35.1 Å². The molecule has 0 aromatic carbocycles. The molecule has 0 amide bonds. The largest absolute Gasteiger partial charge is 0.335 e. The van der Waals surface area contributed by atoms with E-state index in [2.05, 4.69) is 6.07 Å². The minimum atomic E-state index is 0.660. The van der Waals surface area contributed by atoms with E-state index in [4.69, 9.17) is 16.9 Å². The smallest absolute Gasteiger partial charge is 0.120 e. The fourth-order valence-electron chi connectivity index (χ4n) is 0.957. The quantitative estimate of drug-likeness (QED) is 0.688. The fourth-order valence-corrected chi connectivity index (χ4v) is 1.03. The van der Waals surface area contributed by atoms with Crippen molar-refractivity contribution in [2.24, 2.45) is 0 Å². The van der Waals surface area contributed by atoms with Crippen molar-refractivity contribution < 1.29 is 0 Å². The number of rotatable bonds is 2.